The van der Waals surface area contributed by atoms with Crippen LogP contribution in [0.25, 0.3) is 0 Å². The Morgan fingerprint density at radius 2 is 2.06 bits per heavy atom. The molecule has 1 unspecified atom stereocenters. The van der Waals surface area contributed by atoms with Crippen LogP contribution in [0.2, 0.25) is 0 Å². The third-order valence-electron chi connectivity index (χ3n) is 3.23. The van der Waals surface area contributed by atoms with Gasteiger partial charge < -0.3 is 15.2 Å². The van der Waals surface area contributed by atoms with Crippen LogP contribution in [-0.4, -0.2) is 36.4 Å². The van der Waals surface area contributed by atoms with Crippen molar-refractivity contribution in [2.24, 2.45) is 5.92 Å². The molecule has 0 spiro atoms. The molecule has 0 saturated heterocycles. The van der Waals surface area contributed by atoms with E-state index in [4.69, 9.17) is 9.84 Å². The molecule has 0 aromatic carbocycles. The van der Waals surface area contributed by atoms with E-state index in [-0.39, 0.29) is 0 Å². The van der Waals surface area contributed by atoms with Gasteiger partial charge in [-0.2, -0.15) is 0 Å². The summed E-state index contributed by atoms with van der Waals surface area (Å²) in [6.07, 6.45) is 6.66. The van der Waals surface area contributed by atoms with Crippen LogP contribution in [0.5, 0.6) is 0 Å². The van der Waals surface area contributed by atoms with Gasteiger partial charge in [0.1, 0.15) is 6.04 Å². The summed E-state index contributed by atoms with van der Waals surface area (Å²) in [5.74, 6) is 0.137. The lowest BCUT2D eigenvalue weighted by molar-refractivity contribution is -0.140. The Labute approximate surface area is 96.4 Å². The minimum absolute atomic E-state index is 0.423. The van der Waals surface area contributed by atoms with Crippen molar-refractivity contribution in [3.05, 3.63) is 0 Å². The highest BCUT2D eigenvalue weighted by atomic mass is 16.5. The molecule has 2 N–H and O–H groups in total. The molecule has 0 heterocycles. The smallest absolute Gasteiger partial charge is 0.320 e. The molecule has 0 aromatic rings. The van der Waals surface area contributed by atoms with Crippen LogP contribution in [-0.2, 0) is 9.53 Å². The van der Waals surface area contributed by atoms with E-state index >= 15 is 0 Å². The van der Waals surface area contributed by atoms with Gasteiger partial charge in [0.25, 0.3) is 0 Å². The van der Waals surface area contributed by atoms with Crippen molar-refractivity contribution in [2.75, 3.05) is 13.2 Å². The fraction of sp³-hybridized carbons (Fsp3) is 0.917. The summed E-state index contributed by atoms with van der Waals surface area (Å²) in [7, 11) is 0. The van der Waals surface area contributed by atoms with Gasteiger partial charge in [-0.05, 0) is 31.6 Å². The normalized spacial score (nSPS) is 22.0. The Balaban J connectivity index is 1.51. The van der Waals surface area contributed by atoms with Crippen LogP contribution in [0.15, 0.2) is 0 Å². The van der Waals surface area contributed by atoms with E-state index in [9.17, 15) is 4.79 Å². The zero-order valence-corrected chi connectivity index (χ0v) is 9.65. The fourth-order valence-corrected chi connectivity index (χ4v) is 1.77. The number of nitrogens with one attached hydrogen (secondary N) is 1. The molecule has 2 aliphatic rings. The SMILES string of the molecule is O=C(O)C(CCOCCC1CC1)NC1CC1. The molecule has 2 fully saturated rings. The molecule has 92 valence electrons. The van der Waals surface area contributed by atoms with Crippen molar-refractivity contribution < 1.29 is 14.6 Å². The molecule has 4 heteroatoms. The van der Waals surface area contributed by atoms with E-state index in [1.807, 2.05) is 0 Å². The number of carbonyl (C=O) groups is 1. The van der Waals surface area contributed by atoms with E-state index in [2.05, 4.69) is 5.32 Å². The Morgan fingerprint density at radius 1 is 1.31 bits per heavy atom. The number of hydrogen-bond donors (Lipinski definition) is 2. The maximum Gasteiger partial charge on any atom is 0.320 e. The van der Waals surface area contributed by atoms with E-state index in [1.54, 1.807) is 0 Å². The number of rotatable bonds is 9. The third-order valence-corrected chi connectivity index (χ3v) is 3.23. The fourth-order valence-electron chi connectivity index (χ4n) is 1.77. The molecule has 0 aliphatic heterocycles. The van der Waals surface area contributed by atoms with Crippen LogP contribution in [0.4, 0.5) is 0 Å². The minimum Gasteiger partial charge on any atom is -0.480 e. The summed E-state index contributed by atoms with van der Waals surface area (Å²) in [5, 5.41) is 12.1. The Hall–Kier alpha value is -0.610. The first kappa shape index (κ1) is 11.9. The van der Waals surface area contributed by atoms with E-state index < -0.39 is 12.0 Å². The highest BCUT2D eigenvalue weighted by molar-refractivity contribution is 5.73. The van der Waals surface area contributed by atoms with Crippen LogP contribution < -0.4 is 5.32 Å². The minimum atomic E-state index is -0.752. The zero-order valence-electron chi connectivity index (χ0n) is 9.65. The van der Waals surface area contributed by atoms with Crippen LogP contribution in [0.3, 0.4) is 0 Å². The van der Waals surface area contributed by atoms with E-state index in [0.717, 1.165) is 31.8 Å². The molecule has 0 aromatic heterocycles. The van der Waals surface area contributed by atoms with Gasteiger partial charge in [-0.25, -0.2) is 0 Å². The van der Waals surface area contributed by atoms with Gasteiger partial charge in [0.2, 0.25) is 0 Å². The highest BCUT2D eigenvalue weighted by Gasteiger charge is 2.28. The largest absolute Gasteiger partial charge is 0.480 e. The molecule has 2 rings (SSSR count). The standard InChI is InChI=1S/C12H21NO3/c14-12(15)11(13-10-3-4-10)6-8-16-7-5-9-1-2-9/h9-11,13H,1-8H2,(H,14,15). The van der Waals surface area contributed by atoms with Crippen molar-refractivity contribution in [1.82, 2.24) is 5.32 Å². The van der Waals surface area contributed by atoms with E-state index in [0.29, 0.717) is 19.1 Å². The first-order valence-corrected chi connectivity index (χ1v) is 6.32. The van der Waals surface area contributed by atoms with Crippen molar-refractivity contribution in [1.29, 1.82) is 0 Å². The Bertz CT molecular complexity index is 236. The average Bonchev–Trinajstić information content (AvgIpc) is 3.10. The van der Waals surface area contributed by atoms with Crippen LogP contribution in [0, 0.1) is 5.92 Å². The molecule has 1 atom stereocenters. The molecule has 4 nitrogen and oxygen atoms in total. The molecular formula is C12H21NO3. The van der Waals surface area contributed by atoms with Crippen LogP contribution >= 0.6 is 0 Å². The second-order valence-electron chi connectivity index (χ2n) is 4.96. The molecule has 0 radical (unpaired) electrons. The maximum absolute atomic E-state index is 10.9. The molecule has 0 bridgehead atoms. The maximum atomic E-state index is 10.9. The Morgan fingerprint density at radius 3 is 2.62 bits per heavy atom. The lowest BCUT2D eigenvalue weighted by Gasteiger charge is -2.13. The second-order valence-corrected chi connectivity index (χ2v) is 4.96. The monoisotopic (exact) mass is 227 g/mol. The number of carboxylic acid groups (broad SMARTS) is 1. The van der Waals surface area contributed by atoms with Gasteiger partial charge in [0.05, 0.1) is 0 Å². The topological polar surface area (TPSA) is 58.6 Å². The number of aliphatic carboxylic acids is 1. The summed E-state index contributed by atoms with van der Waals surface area (Å²) in [6, 6.07) is 0.0148. The average molecular weight is 227 g/mol. The summed E-state index contributed by atoms with van der Waals surface area (Å²) in [6.45, 7) is 1.35. The molecule has 16 heavy (non-hydrogen) atoms. The van der Waals surface area contributed by atoms with Gasteiger partial charge in [-0.15, -0.1) is 0 Å². The number of carboxylic acids is 1. The van der Waals surface area contributed by atoms with Gasteiger partial charge in [0.15, 0.2) is 0 Å². The molecule has 0 amide bonds. The molecule has 2 aliphatic carbocycles. The zero-order chi connectivity index (χ0) is 11.4. The Kier molecular flexibility index (Phi) is 4.18. The van der Waals surface area contributed by atoms with Crippen molar-refractivity contribution in [3.63, 3.8) is 0 Å². The second kappa shape index (κ2) is 5.64. The van der Waals surface area contributed by atoms with Gasteiger partial charge in [-0.3, -0.25) is 4.79 Å². The summed E-state index contributed by atoms with van der Waals surface area (Å²) in [5.41, 5.74) is 0. The first-order valence-electron chi connectivity index (χ1n) is 6.32. The lowest BCUT2D eigenvalue weighted by Crippen LogP contribution is -2.39. The predicted octanol–water partition coefficient (Wildman–Crippen LogP) is 1.40. The summed E-state index contributed by atoms with van der Waals surface area (Å²) < 4.78 is 5.46. The predicted molar refractivity (Wildman–Crippen MR) is 60.4 cm³/mol. The van der Waals surface area contributed by atoms with E-state index in [1.165, 1.54) is 12.8 Å². The molecular weight excluding hydrogens is 206 g/mol. The van der Waals surface area contributed by atoms with Gasteiger partial charge >= 0.3 is 5.97 Å². The number of hydrogen-bond acceptors (Lipinski definition) is 3. The van der Waals surface area contributed by atoms with Crippen molar-refractivity contribution >= 4 is 5.97 Å². The number of ether oxygens (including phenoxy) is 1. The van der Waals surface area contributed by atoms with Crippen molar-refractivity contribution in [2.45, 2.75) is 50.6 Å². The quantitative estimate of drug-likeness (QED) is 0.585. The molecule has 2 saturated carbocycles. The van der Waals surface area contributed by atoms with Gasteiger partial charge in [-0.1, -0.05) is 12.8 Å². The third kappa shape index (κ3) is 4.49. The van der Waals surface area contributed by atoms with Crippen molar-refractivity contribution in [3.8, 4) is 0 Å². The highest BCUT2D eigenvalue weighted by Crippen LogP contribution is 2.32. The van der Waals surface area contributed by atoms with Gasteiger partial charge in [0, 0.05) is 19.3 Å². The lowest BCUT2D eigenvalue weighted by atomic mass is 10.2. The first-order chi connectivity index (χ1) is 7.75. The summed E-state index contributed by atoms with van der Waals surface area (Å²) >= 11 is 0. The van der Waals surface area contributed by atoms with Crippen LogP contribution in [0.1, 0.15) is 38.5 Å². The summed E-state index contributed by atoms with van der Waals surface area (Å²) in [4.78, 5) is 10.9.